The maximum Gasteiger partial charge on any atom is 0.320 e. The molecule has 15 heteroatoms. The summed E-state index contributed by atoms with van der Waals surface area (Å²) in [4.78, 5) is 31.9. The fourth-order valence-corrected chi connectivity index (χ4v) is 11.8. The van der Waals surface area contributed by atoms with Crippen molar-refractivity contribution in [1.82, 2.24) is 9.80 Å². The van der Waals surface area contributed by atoms with Gasteiger partial charge < -0.3 is 49.8 Å². The van der Waals surface area contributed by atoms with Crippen molar-refractivity contribution >= 4 is 34.7 Å². The molecule has 0 saturated carbocycles. The normalized spacial score (nSPS) is 28.3. The summed E-state index contributed by atoms with van der Waals surface area (Å²) in [7, 11) is 3.50. The number of rotatable bonds is 6. The first-order chi connectivity index (χ1) is 27.3. The molecule has 6 aliphatic heterocycles. The number of aryl methyl sites for hydroxylation is 1. The second-order valence-electron chi connectivity index (χ2n) is 16.1. The molecule has 7 heterocycles. The minimum absolute atomic E-state index is 0.0406. The molecule has 0 radical (unpaired) electrons. The maximum absolute atomic E-state index is 14.8. The van der Waals surface area contributed by atoms with Gasteiger partial charge in [0.15, 0.2) is 23.0 Å². The van der Waals surface area contributed by atoms with E-state index >= 15 is 0 Å². The van der Waals surface area contributed by atoms with Gasteiger partial charge >= 0.3 is 11.9 Å². The van der Waals surface area contributed by atoms with Crippen LogP contribution in [0, 0.1) is 13.8 Å². The van der Waals surface area contributed by atoms with E-state index in [2.05, 4.69) is 4.90 Å². The molecule has 6 N–H and O–H groups in total. The molecular formula is C42H48N4O10S. The molecule has 0 spiro atoms. The van der Waals surface area contributed by atoms with E-state index < -0.39 is 59.0 Å². The van der Waals surface area contributed by atoms with Crippen molar-refractivity contribution in [3.8, 4) is 28.7 Å². The first-order valence-electron chi connectivity index (χ1n) is 19.3. The van der Waals surface area contributed by atoms with E-state index in [4.69, 9.17) is 39.6 Å². The number of likely N-dealkylation sites (N-methyl/N-ethyl adjacent to an activating group) is 1. The molecule has 2 fully saturated rings. The van der Waals surface area contributed by atoms with Gasteiger partial charge in [-0.05, 0) is 57.9 Å². The number of carbonyl (C=O) groups is 2. The molecule has 1 unspecified atom stereocenters. The van der Waals surface area contributed by atoms with Crippen LogP contribution in [0.1, 0.15) is 75.9 Å². The molecule has 14 nitrogen and oxygen atoms in total. The molecule has 4 aromatic rings. The number of nitrogens with zero attached hydrogens (tertiary/aromatic N) is 2. The van der Waals surface area contributed by atoms with Gasteiger partial charge in [0.05, 0.1) is 30.5 Å². The van der Waals surface area contributed by atoms with E-state index in [9.17, 15) is 19.8 Å². The first kappa shape index (κ1) is 38.0. The Morgan fingerprint density at radius 3 is 2.61 bits per heavy atom. The number of phenolic OH excluding ortho intramolecular Hbond substituents is 1. The van der Waals surface area contributed by atoms with Crippen LogP contribution in [0.4, 0.5) is 0 Å². The highest BCUT2D eigenvalue weighted by Crippen LogP contribution is 2.64. The van der Waals surface area contributed by atoms with E-state index in [-0.39, 0.29) is 31.4 Å². The third-order valence-electron chi connectivity index (χ3n) is 12.7. The molecule has 2 saturated heterocycles. The summed E-state index contributed by atoms with van der Waals surface area (Å²) in [6.07, 6.45) is -0.223. The number of methoxy groups -OCH3 is 1. The zero-order valence-corrected chi connectivity index (χ0v) is 33.6. The Bertz CT molecular complexity index is 2330. The van der Waals surface area contributed by atoms with E-state index in [0.29, 0.717) is 69.4 Å². The van der Waals surface area contributed by atoms with Crippen LogP contribution in [-0.4, -0.2) is 96.2 Å². The number of aromatic hydroxyl groups is 1. The molecular weight excluding hydrogens is 753 g/mol. The Kier molecular flexibility index (Phi) is 9.21. The fraction of sp³-hybridized carbons (Fsp3) is 0.476. The van der Waals surface area contributed by atoms with E-state index in [0.717, 1.165) is 22.1 Å². The van der Waals surface area contributed by atoms with Crippen molar-refractivity contribution in [3.63, 3.8) is 0 Å². The lowest BCUT2D eigenvalue weighted by Crippen LogP contribution is -2.69. The van der Waals surface area contributed by atoms with Crippen LogP contribution in [-0.2, 0) is 32.6 Å². The highest BCUT2D eigenvalue weighted by Gasteiger charge is 2.61. The van der Waals surface area contributed by atoms with E-state index in [1.807, 2.05) is 63.1 Å². The van der Waals surface area contributed by atoms with Gasteiger partial charge in [-0.15, -0.1) is 0 Å². The van der Waals surface area contributed by atoms with Crippen LogP contribution in [0.3, 0.4) is 0 Å². The van der Waals surface area contributed by atoms with Crippen molar-refractivity contribution < 1.29 is 47.9 Å². The minimum atomic E-state index is -1.34. The predicted octanol–water partition coefficient (Wildman–Crippen LogP) is 4.19. The Labute approximate surface area is 334 Å². The average molecular weight is 801 g/mol. The number of para-hydroxylation sites is 1. The smallest absolute Gasteiger partial charge is 0.320 e. The number of hydrogen-bond acceptors (Lipinski definition) is 15. The summed E-state index contributed by atoms with van der Waals surface area (Å²) in [6, 6.07) is 7.01. The summed E-state index contributed by atoms with van der Waals surface area (Å²) >= 11 is 1.48. The maximum atomic E-state index is 14.8. The molecule has 302 valence electrons. The molecule has 10 rings (SSSR count). The Morgan fingerprint density at radius 2 is 1.88 bits per heavy atom. The second kappa shape index (κ2) is 13.8. The largest absolute Gasteiger partial charge is 0.504 e. The highest BCUT2D eigenvalue weighted by atomic mass is 32.2. The van der Waals surface area contributed by atoms with Crippen LogP contribution in [0.15, 0.2) is 34.7 Å². The quantitative estimate of drug-likeness (QED) is 0.160. The first-order valence-corrected chi connectivity index (χ1v) is 20.3. The number of carbonyl (C=O) groups excluding carboxylic acids is 2. The number of benzene rings is 3. The number of piperazine rings is 1. The number of nitrogens with two attached hydrogens (primary N) is 2. The van der Waals surface area contributed by atoms with Crippen LogP contribution < -0.4 is 30.4 Å². The number of furan rings is 1. The van der Waals surface area contributed by atoms with Gasteiger partial charge in [-0.25, -0.2) is 0 Å². The van der Waals surface area contributed by atoms with Crippen molar-refractivity contribution in [3.05, 3.63) is 75.0 Å². The second-order valence-corrected chi connectivity index (χ2v) is 17.2. The number of fused-ring (bicyclic) bond motifs is 11. The number of aliphatic hydroxyl groups is 1. The third kappa shape index (κ3) is 5.50. The van der Waals surface area contributed by atoms with E-state index in [1.165, 1.54) is 25.8 Å². The highest BCUT2D eigenvalue weighted by molar-refractivity contribution is 7.99. The van der Waals surface area contributed by atoms with Gasteiger partial charge in [0.25, 0.3) is 0 Å². The van der Waals surface area contributed by atoms with Gasteiger partial charge in [0, 0.05) is 64.5 Å². The molecule has 57 heavy (non-hydrogen) atoms. The van der Waals surface area contributed by atoms with Gasteiger partial charge in [-0.2, -0.15) is 11.8 Å². The number of aliphatic hydroxyl groups excluding tert-OH is 1. The van der Waals surface area contributed by atoms with Crippen LogP contribution >= 0.6 is 11.8 Å². The molecule has 3 aromatic carbocycles. The number of esters is 2. The third-order valence-corrected chi connectivity index (χ3v) is 14.3. The lowest BCUT2D eigenvalue weighted by Gasteiger charge is -2.62. The van der Waals surface area contributed by atoms with Crippen LogP contribution in [0.5, 0.6) is 28.7 Å². The summed E-state index contributed by atoms with van der Waals surface area (Å²) in [5, 5.41) is 24.9. The van der Waals surface area contributed by atoms with Crippen molar-refractivity contribution in [2.75, 3.05) is 39.9 Å². The molecule has 0 amide bonds. The number of hydrogen-bond donors (Lipinski definition) is 4. The van der Waals surface area contributed by atoms with Crippen molar-refractivity contribution in [2.45, 2.75) is 87.6 Å². The van der Waals surface area contributed by atoms with Gasteiger partial charge in [0.1, 0.15) is 35.3 Å². The van der Waals surface area contributed by atoms with Gasteiger partial charge in [-0.3, -0.25) is 19.4 Å². The van der Waals surface area contributed by atoms with Gasteiger partial charge in [-0.1, -0.05) is 24.3 Å². The monoisotopic (exact) mass is 800 g/mol. The Balaban J connectivity index is 1.30. The molecule has 6 aliphatic rings. The van der Waals surface area contributed by atoms with Crippen LogP contribution in [0.2, 0.25) is 0 Å². The van der Waals surface area contributed by atoms with Crippen molar-refractivity contribution in [2.24, 2.45) is 11.5 Å². The molecule has 1 aromatic heterocycles. The summed E-state index contributed by atoms with van der Waals surface area (Å²) in [5.41, 5.74) is 16.9. The van der Waals surface area contributed by atoms with Gasteiger partial charge in [0.2, 0.25) is 6.79 Å². The lowest BCUT2D eigenvalue weighted by atomic mass is 9.73. The standard InChI is InChI=1S/C42H48N4O10S/c1-18-11-21-12-25-40(49)46-26-15-52-41(50)42(4,39-24(13-22(44)14-43)23-9-7-8-10-27(23)56-39)16-57-38(32(46)31(45(25)5)28(21)33(48)34(18)51-6)30-29(26)37-36(53-17-54-37)19(2)35(30)55-20(3)47/h7-11,22,25-26,31-32,38,40,48-49H,12-17,43-44H2,1-6H3/t22-,25?,26+,31+,32-,38-,40+,42+/m1/s1. The fourth-order valence-electron chi connectivity index (χ4n) is 10.1. The van der Waals surface area contributed by atoms with Crippen LogP contribution in [0.25, 0.3) is 11.0 Å². The molecule has 8 atom stereocenters. The average Bonchev–Trinajstić information content (AvgIpc) is 3.82. The Morgan fingerprint density at radius 1 is 1.12 bits per heavy atom. The lowest BCUT2D eigenvalue weighted by molar-refractivity contribution is -0.186. The Hall–Kier alpha value is -4.51. The number of phenols is 1. The summed E-state index contributed by atoms with van der Waals surface area (Å²) in [6.45, 7) is 6.89. The molecule has 0 aliphatic carbocycles. The SMILES string of the molecule is COc1c(C)cc2c(c1O)[C@H]1[C@@H]3[C@@H]4SC[C@@](C)(c5oc6ccccc6c5C[C@@H](N)CN)C(=O)OC[C@@H](c5c6c(c(C)c(OC(C)=O)c54)OCO6)N3[C@@H](O)C(C2)N1C. The predicted molar refractivity (Wildman–Crippen MR) is 211 cm³/mol. The minimum Gasteiger partial charge on any atom is -0.504 e. The number of thioether (sulfide) groups is 1. The molecule has 4 bridgehead atoms. The number of ether oxygens (including phenoxy) is 5. The van der Waals surface area contributed by atoms with Crippen molar-refractivity contribution in [1.29, 1.82) is 0 Å². The topological polar surface area (TPSA) is 192 Å². The zero-order valence-electron chi connectivity index (χ0n) is 32.8. The van der Waals surface area contributed by atoms with E-state index in [1.54, 1.807) is 0 Å². The summed E-state index contributed by atoms with van der Waals surface area (Å²) < 4.78 is 37.2. The zero-order chi connectivity index (χ0) is 40.2. The summed E-state index contributed by atoms with van der Waals surface area (Å²) in [5.74, 6) is 1.21.